The number of nitrogens with zero attached hydrogens (tertiary/aromatic N) is 2. The number of hydrogen-bond acceptors (Lipinski definition) is 3. The molecular weight excluding hydrogens is 352 g/mol. The molecule has 1 aliphatic heterocycles. The normalized spacial score (nSPS) is 15.2. The van der Waals surface area contributed by atoms with Crippen molar-refractivity contribution < 1.29 is 4.79 Å². The van der Waals surface area contributed by atoms with Crippen LogP contribution in [0.3, 0.4) is 0 Å². The number of carbonyl (C=O) groups is 1. The van der Waals surface area contributed by atoms with E-state index < -0.39 is 0 Å². The van der Waals surface area contributed by atoms with E-state index in [-0.39, 0.29) is 5.91 Å². The molecule has 0 bridgehead atoms. The van der Waals surface area contributed by atoms with E-state index in [1.165, 1.54) is 15.7 Å². The molecule has 0 unspecified atom stereocenters. The molecule has 1 fully saturated rings. The number of benzene rings is 2. The molecule has 3 nitrogen and oxygen atoms in total. The lowest BCUT2D eigenvalue weighted by molar-refractivity contribution is 0.0691. The fraction of sp³-hybridized carbons (Fsp3) is 0.304. The summed E-state index contributed by atoms with van der Waals surface area (Å²) in [4.78, 5) is 20.6. The van der Waals surface area contributed by atoms with Gasteiger partial charge in [0.25, 0.3) is 5.91 Å². The highest BCUT2D eigenvalue weighted by Crippen LogP contribution is 2.30. The zero-order chi connectivity index (χ0) is 18.6. The van der Waals surface area contributed by atoms with E-state index in [0.29, 0.717) is 11.6 Å². The molecule has 138 valence electrons. The van der Waals surface area contributed by atoms with Gasteiger partial charge in [-0.15, -0.1) is 11.8 Å². The molecule has 0 saturated carbocycles. The number of hydrogen-bond donors (Lipinski definition) is 0. The third-order valence-corrected chi connectivity index (χ3v) is 6.33. The van der Waals surface area contributed by atoms with Gasteiger partial charge in [0.05, 0.1) is 5.69 Å². The van der Waals surface area contributed by atoms with Gasteiger partial charge in [-0.05, 0) is 47.7 Å². The summed E-state index contributed by atoms with van der Waals surface area (Å²) in [5.74, 6) is 1.54. The van der Waals surface area contributed by atoms with E-state index in [1.807, 2.05) is 23.1 Å². The topological polar surface area (TPSA) is 33.2 Å². The van der Waals surface area contributed by atoms with Gasteiger partial charge in [0.2, 0.25) is 0 Å². The number of piperidine rings is 1. The summed E-state index contributed by atoms with van der Waals surface area (Å²) in [7, 11) is 0. The number of carbonyl (C=O) groups excluding carboxylic acids is 1. The fourth-order valence-electron chi connectivity index (χ4n) is 3.53. The van der Waals surface area contributed by atoms with Crippen LogP contribution < -0.4 is 0 Å². The number of aromatic nitrogens is 1. The summed E-state index contributed by atoms with van der Waals surface area (Å²) >= 11 is 1.77. The molecule has 4 rings (SSSR count). The van der Waals surface area contributed by atoms with Gasteiger partial charge in [-0.2, -0.15) is 0 Å². The second-order valence-electron chi connectivity index (χ2n) is 7.25. The Labute approximate surface area is 164 Å². The molecule has 0 spiro atoms. The highest BCUT2D eigenvalue weighted by Gasteiger charge is 2.22. The minimum absolute atomic E-state index is 0.0684. The summed E-state index contributed by atoms with van der Waals surface area (Å²) in [6.07, 6.45) is 2.17. The van der Waals surface area contributed by atoms with Crippen LogP contribution in [0.4, 0.5) is 0 Å². The van der Waals surface area contributed by atoms with Crippen molar-refractivity contribution in [1.29, 1.82) is 0 Å². The first-order chi connectivity index (χ1) is 13.2. The quantitative estimate of drug-likeness (QED) is 0.572. The standard InChI is InChI=1S/C23H24N2OS/c1-17-12-14-25(15-13-17)23(26)21-10-5-8-19(24-21)16-27-22-11-4-7-18-6-2-3-9-20(18)22/h2-11,17H,12-16H2,1H3. The molecule has 0 atom stereocenters. The molecule has 1 saturated heterocycles. The van der Waals surface area contributed by atoms with Gasteiger partial charge in [0, 0.05) is 23.7 Å². The molecule has 3 aromatic rings. The van der Waals surface area contributed by atoms with E-state index in [0.717, 1.165) is 37.4 Å². The average Bonchev–Trinajstić information content (AvgIpc) is 2.72. The van der Waals surface area contributed by atoms with Crippen LogP contribution in [0.25, 0.3) is 10.8 Å². The minimum atomic E-state index is 0.0684. The van der Waals surface area contributed by atoms with Gasteiger partial charge < -0.3 is 4.90 Å². The van der Waals surface area contributed by atoms with E-state index >= 15 is 0 Å². The van der Waals surface area contributed by atoms with Crippen molar-refractivity contribution in [3.63, 3.8) is 0 Å². The second kappa shape index (κ2) is 8.13. The Morgan fingerprint density at radius 3 is 2.63 bits per heavy atom. The highest BCUT2D eigenvalue weighted by atomic mass is 32.2. The zero-order valence-electron chi connectivity index (χ0n) is 15.6. The maximum absolute atomic E-state index is 12.8. The monoisotopic (exact) mass is 376 g/mol. The predicted octanol–water partition coefficient (Wildman–Crippen LogP) is 5.40. The third kappa shape index (κ3) is 4.16. The fourth-order valence-corrected chi connectivity index (χ4v) is 4.51. The van der Waals surface area contributed by atoms with Crippen LogP contribution in [0.1, 0.15) is 35.9 Å². The van der Waals surface area contributed by atoms with Crippen LogP contribution in [0, 0.1) is 5.92 Å². The lowest BCUT2D eigenvalue weighted by Gasteiger charge is -2.30. The van der Waals surface area contributed by atoms with Gasteiger partial charge in [0.15, 0.2) is 0 Å². The number of rotatable bonds is 4. The number of amides is 1. The van der Waals surface area contributed by atoms with Crippen molar-refractivity contribution in [2.75, 3.05) is 13.1 Å². The summed E-state index contributed by atoms with van der Waals surface area (Å²) in [5.41, 5.74) is 1.52. The maximum Gasteiger partial charge on any atom is 0.272 e. The molecule has 0 aliphatic carbocycles. The Hall–Kier alpha value is -2.33. The predicted molar refractivity (Wildman–Crippen MR) is 112 cm³/mol. The Balaban J connectivity index is 1.47. The Morgan fingerprint density at radius 1 is 1.04 bits per heavy atom. The molecule has 0 radical (unpaired) electrons. The summed E-state index contributed by atoms with van der Waals surface area (Å²) in [6.45, 7) is 3.94. The molecule has 0 N–H and O–H groups in total. The van der Waals surface area contributed by atoms with Gasteiger partial charge in [-0.1, -0.05) is 49.4 Å². The molecule has 1 amide bonds. The van der Waals surface area contributed by atoms with Gasteiger partial charge >= 0.3 is 0 Å². The van der Waals surface area contributed by atoms with Crippen molar-refractivity contribution in [3.05, 3.63) is 72.1 Å². The first-order valence-electron chi connectivity index (χ1n) is 9.56. The maximum atomic E-state index is 12.8. The zero-order valence-corrected chi connectivity index (χ0v) is 16.4. The first-order valence-corrected chi connectivity index (χ1v) is 10.5. The molecular formula is C23H24N2OS. The van der Waals surface area contributed by atoms with Crippen molar-refractivity contribution in [2.45, 2.75) is 30.4 Å². The molecule has 1 aromatic heterocycles. The summed E-state index contributed by atoms with van der Waals surface area (Å²) in [5, 5.41) is 2.51. The molecule has 2 heterocycles. The van der Waals surface area contributed by atoms with Crippen molar-refractivity contribution in [1.82, 2.24) is 9.88 Å². The van der Waals surface area contributed by atoms with Crippen LogP contribution in [-0.2, 0) is 5.75 Å². The first kappa shape index (κ1) is 18.1. The van der Waals surface area contributed by atoms with Crippen molar-refractivity contribution >= 4 is 28.4 Å². The minimum Gasteiger partial charge on any atom is -0.337 e. The number of thioether (sulfide) groups is 1. The average molecular weight is 377 g/mol. The van der Waals surface area contributed by atoms with Crippen LogP contribution >= 0.6 is 11.8 Å². The largest absolute Gasteiger partial charge is 0.337 e. The van der Waals surface area contributed by atoms with E-state index in [9.17, 15) is 4.79 Å². The Kier molecular flexibility index (Phi) is 5.44. The number of fused-ring (bicyclic) bond motifs is 1. The number of likely N-dealkylation sites (tertiary alicyclic amines) is 1. The SMILES string of the molecule is CC1CCN(C(=O)c2cccc(CSc3cccc4ccccc34)n2)CC1. The Bertz CT molecular complexity index is 943. The van der Waals surface area contributed by atoms with Crippen LogP contribution in [-0.4, -0.2) is 28.9 Å². The highest BCUT2D eigenvalue weighted by molar-refractivity contribution is 7.98. The lowest BCUT2D eigenvalue weighted by atomic mass is 9.99. The van der Waals surface area contributed by atoms with Gasteiger partial charge in [-0.3, -0.25) is 4.79 Å². The molecule has 27 heavy (non-hydrogen) atoms. The van der Waals surface area contributed by atoms with Crippen LogP contribution in [0.5, 0.6) is 0 Å². The van der Waals surface area contributed by atoms with Crippen molar-refractivity contribution in [2.24, 2.45) is 5.92 Å². The Morgan fingerprint density at radius 2 is 1.78 bits per heavy atom. The van der Waals surface area contributed by atoms with E-state index in [1.54, 1.807) is 11.8 Å². The third-order valence-electron chi connectivity index (χ3n) is 5.22. The van der Waals surface area contributed by atoms with Crippen LogP contribution in [0.15, 0.2) is 65.6 Å². The second-order valence-corrected chi connectivity index (χ2v) is 8.27. The van der Waals surface area contributed by atoms with Gasteiger partial charge in [0.1, 0.15) is 5.69 Å². The molecule has 4 heteroatoms. The molecule has 1 aliphatic rings. The lowest BCUT2D eigenvalue weighted by Crippen LogP contribution is -2.38. The smallest absolute Gasteiger partial charge is 0.272 e. The van der Waals surface area contributed by atoms with E-state index in [4.69, 9.17) is 0 Å². The molecule has 2 aromatic carbocycles. The van der Waals surface area contributed by atoms with E-state index in [2.05, 4.69) is 54.4 Å². The van der Waals surface area contributed by atoms with Gasteiger partial charge in [-0.25, -0.2) is 4.98 Å². The summed E-state index contributed by atoms with van der Waals surface area (Å²) in [6, 6.07) is 20.6. The summed E-state index contributed by atoms with van der Waals surface area (Å²) < 4.78 is 0. The van der Waals surface area contributed by atoms with Crippen LogP contribution in [0.2, 0.25) is 0 Å². The number of pyridine rings is 1. The van der Waals surface area contributed by atoms with Crippen molar-refractivity contribution in [3.8, 4) is 0 Å².